The largest absolute Gasteiger partial charge is 0.380 e. The van der Waals surface area contributed by atoms with E-state index in [-0.39, 0.29) is 6.04 Å². The van der Waals surface area contributed by atoms with E-state index < -0.39 is 10.2 Å². The average Bonchev–Trinajstić information content (AvgIpc) is 3.30. The van der Waals surface area contributed by atoms with E-state index in [0.717, 1.165) is 44.9 Å². The zero-order chi connectivity index (χ0) is 14.7. The van der Waals surface area contributed by atoms with Crippen molar-refractivity contribution in [2.24, 2.45) is 5.92 Å². The molecule has 0 amide bonds. The van der Waals surface area contributed by atoms with Crippen LogP contribution in [-0.4, -0.2) is 57.7 Å². The van der Waals surface area contributed by atoms with Crippen LogP contribution in [-0.2, 0) is 14.9 Å². The van der Waals surface area contributed by atoms with Crippen molar-refractivity contribution in [2.45, 2.75) is 50.6 Å². The Balaban J connectivity index is 1.43. The predicted octanol–water partition coefficient (Wildman–Crippen LogP) is 0.464. The first-order valence-corrected chi connectivity index (χ1v) is 9.66. The van der Waals surface area contributed by atoms with Crippen molar-refractivity contribution in [2.75, 3.05) is 32.8 Å². The first-order valence-electron chi connectivity index (χ1n) is 8.22. The van der Waals surface area contributed by atoms with Crippen LogP contribution in [0.4, 0.5) is 0 Å². The summed E-state index contributed by atoms with van der Waals surface area (Å²) in [5, 5.41) is 3.55. The Bertz CT molecular complexity index is 425. The molecule has 0 radical (unpaired) electrons. The third-order valence-corrected chi connectivity index (χ3v) is 6.34. The summed E-state index contributed by atoms with van der Waals surface area (Å²) in [6.07, 6.45) is 6.34. The van der Waals surface area contributed by atoms with Gasteiger partial charge in [0.15, 0.2) is 0 Å². The Morgan fingerprint density at radius 1 is 1.05 bits per heavy atom. The lowest BCUT2D eigenvalue weighted by Gasteiger charge is -2.33. The van der Waals surface area contributed by atoms with Gasteiger partial charge in [-0.2, -0.15) is 17.4 Å². The molecule has 6 nitrogen and oxygen atoms in total. The van der Waals surface area contributed by atoms with Gasteiger partial charge in [-0.3, -0.25) is 0 Å². The Morgan fingerprint density at radius 3 is 2.43 bits per heavy atom. The van der Waals surface area contributed by atoms with Crippen molar-refractivity contribution < 1.29 is 13.2 Å². The van der Waals surface area contributed by atoms with Gasteiger partial charge in [0.25, 0.3) is 10.2 Å². The molecular formula is C14H27N3O3S. The van der Waals surface area contributed by atoms with E-state index in [2.05, 4.69) is 10.0 Å². The van der Waals surface area contributed by atoms with Crippen LogP contribution in [0.2, 0.25) is 0 Å². The lowest BCUT2D eigenvalue weighted by Crippen LogP contribution is -2.50. The summed E-state index contributed by atoms with van der Waals surface area (Å²) in [6.45, 7) is 3.57. The summed E-state index contributed by atoms with van der Waals surface area (Å²) in [4.78, 5) is 0. The molecule has 3 aliphatic rings. The highest BCUT2D eigenvalue weighted by Gasteiger charge is 2.31. The van der Waals surface area contributed by atoms with Gasteiger partial charge in [-0.15, -0.1) is 0 Å². The zero-order valence-electron chi connectivity index (χ0n) is 12.6. The number of hydrogen-bond donors (Lipinski definition) is 2. The maximum atomic E-state index is 12.4. The van der Waals surface area contributed by atoms with E-state index in [1.165, 1.54) is 12.8 Å². The average molecular weight is 317 g/mol. The molecule has 2 aliphatic heterocycles. The number of piperidine rings is 1. The van der Waals surface area contributed by atoms with E-state index in [1.807, 2.05) is 0 Å². The fourth-order valence-corrected chi connectivity index (χ4v) is 4.54. The lowest BCUT2D eigenvalue weighted by molar-refractivity contribution is 0.0766. The second-order valence-electron chi connectivity index (χ2n) is 6.56. The van der Waals surface area contributed by atoms with Crippen molar-refractivity contribution in [3.05, 3.63) is 0 Å². The highest BCUT2D eigenvalue weighted by atomic mass is 32.2. The van der Waals surface area contributed by atoms with E-state index in [4.69, 9.17) is 4.74 Å². The second kappa shape index (κ2) is 6.91. The molecule has 0 aromatic rings. The normalized spacial score (nSPS) is 29.6. The van der Waals surface area contributed by atoms with Gasteiger partial charge in [0.2, 0.25) is 0 Å². The molecular weight excluding hydrogens is 290 g/mol. The molecule has 3 fully saturated rings. The number of ether oxygens (including phenoxy) is 1. The molecule has 0 spiro atoms. The smallest absolute Gasteiger partial charge is 0.279 e. The topological polar surface area (TPSA) is 70.7 Å². The molecule has 0 bridgehead atoms. The first kappa shape index (κ1) is 15.7. The van der Waals surface area contributed by atoms with Crippen molar-refractivity contribution in [3.8, 4) is 0 Å². The molecule has 7 heteroatoms. The van der Waals surface area contributed by atoms with E-state index >= 15 is 0 Å². The maximum Gasteiger partial charge on any atom is 0.279 e. The standard InChI is InChI=1S/C14H27N3O3S/c18-21(19,16-14-2-1-9-20-11-14)17-7-5-12(6-8-17)10-15-13-3-4-13/h12-16H,1-11H2. The number of rotatable bonds is 6. The van der Waals surface area contributed by atoms with Gasteiger partial charge in [0.1, 0.15) is 0 Å². The Labute approximate surface area is 127 Å². The van der Waals surface area contributed by atoms with E-state index in [9.17, 15) is 8.42 Å². The third-order valence-electron chi connectivity index (χ3n) is 4.66. The van der Waals surface area contributed by atoms with E-state index in [0.29, 0.717) is 25.6 Å². The second-order valence-corrected chi connectivity index (χ2v) is 8.26. The predicted molar refractivity (Wildman–Crippen MR) is 81.2 cm³/mol. The molecule has 122 valence electrons. The molecule has 1 saturated carbocycles. The summed E-state index contributed by atoms with van der Waals surface area (Å²) < 4.78 is 34.5. The minimum absolute atomic E-state index is 0.0574. The van der Waals surface area contributed by atoms with Crippen LogP contribution in [0, 0.1) is 5.92 Å². The first-order chi connectivity index (χ1) is 10.1. The quantitative estimate of drug-likeness (QED) is 0.747. The minimum atomic E-state index is -3.34. The van der Waals surface area contributed by atoms with Crippen LogP contribution in [0.1, 0.15) is 38.5 Å². The van der Waals surface area contributed by atoms with Gasteiger partial charge in [0.05, 0.1) is 6.61 Å². The summed E-state index contributed by atoms with van der Waals surface area (Å²) >= 11 is 0. The van der Waals surface area contributed by atoms with Gasteiger partial charge in [0, 0.05) is 31.8 Å². The lowest BCUT2D eigenvalue weighted by atomic mass is 9.98. The summed E-state index contributed by atoms with van der Waals surface area (Å²) in [5.41, 5.74) is 0. The van der Waals surface area contributed by atoms with Gasteiger partial charge in [-0.05, 0) is 51.0 Å². The molecule has 1 aliphatic carbocycles. The molecule has 2 heterocycles. The van der Waals surface area contributed by atoms with Crippen LogP contribution in [0.15, 0.2) is 0 Å². The highest BCUT2D eigenvalue weighted by Crippen LogP contribution is 2.22. The third kappa shape index (κ3) is 4.63. The summed E-state index contributed by atoms with van der Waals surface area (Å²) in [7, 11) is -3.34. The number of nitrogens with zero attached hydrogens (tertiary/aromatic N) is 1. The van der Waals surface area contributed by atoms with Crippen LogP contribution >= 0.6 is 0 Å². The molecule has 1 atom stereocenters. The van der Waals surface area contributed by atoms with Crippen LogP contribution in [0.5, 0.6) is 0 Å². The Morgan fingerprint density at radius 2 is 1.81 bits per heavy atom. The van der Waals surface area contributed by atoms with Crippen molar-refractivity contribution in [3.63, 3.8) is 0 Å². The van der Waals surface area contributed by atoms with Gasteiger partial charge in [-0.1, -0.05) is 0 Å². The highest BCUT2D eigenvalue weighted by molar-refractivity contribution is 7.87. The van der Waals surface area contributed by atoms with Crippen molar-refractivity contribution in [1.29, 1.82) is 0 Å². The zero-order valence-corrected chi connectivity index (χ0v) is 13.4. The van der Waals surface area contributed by atoms with Gasteiger partial charge >= 0.3 is 0 Å². The van der Waals surface area contributed by atoms with Gasteiger partial charge in [-0.25, -0.2) is 0 Å². The molecule has 2 N–H and O–H groups in total. The molecule has 3 rings (SSSR count). The Kier molecular flexibility index (Phi) is 5.16. The monoisotopic (exact) mass is 317 g/mol. The summed E-state index contributed by atoms with van der Waals surface area (Å²) in [5.74, 6) is 0.620. The van der Waals surface area contributed by atoms with Gasteiger partial charge < -0.3 is 10.1 Å². The van der Waals surface area contributed by atoms with Crippen LogP contribution in [0.25, 0.3) is 0 Å². The maximum absolute atomic E-state index is 12.4. The van der Waals surface area contributed by atoms with Crippen molar-refractivity contribution >= 4 is 10.2 Å². The fraction of sp³-hybridized carbons (Fsp3) is 1.00. The van der Waals surface area contributed by atoms with Crippen molar-refractivity contribution in [1.82, 2.24) is 14.3 Å². The minimum Gasteiger partial charge on any atom is -0.380 e. The molecule has 0 aromatic carbocycles. The SMILES string of the molecule is O=S(=O)(NC1CCCOC1)N1CCC(CNC2CC2)CC1. The molecule has 1 unspecified atom stereocenters. The Hall–Kier alpha value is -0.210. The van der Waals surface area contributed by atoms with Crippen LogP contribution in [0.3, 0.4) is 0 Å². The molecule has 2 saturated heterocycles. The molecule has 0 aromatic heterocycles. The van der Waals surface area contributed by atoms with E-state index in [1.54, 1.807) is 4.31 Å². The van der Waals surface area contributed by atoms with Crippen LogP contribution < -0.4 is 10.0 Å². The number of hydrogen-bond acceptors (Lipinski definition) is 4. The molecule has 21 heavy (non-hydrogen) atoms. The summed E-state index contributed by atoms with van der Waals surface area (Å²) in [6, 6.07) is 0.678. The number of nitrogens with one attached hydrogen (secondary N) is 2. The fourth-order valence-electron chi connectivity index (χ4n) is 3.09.